The summed E-state index contributed by atoms with van der Waals surface area (Å²) in [5, 5.41) is 3.93. The molecule has 5 nitrogen and oxygen atoms in total. The lowest BCUT2D eigenvalue weighted by atomic mass is 10.3. The minimum absolute atomic E-state index is 0.171. The fraction of sp³-hybridized carbons (Fsp3) is 0.417. The molecular weight excluding hydrogens is 248 g/mol. The number of nitrogens with zero attached hydrogens (tertiary/aromatic N) is 3. The van der Waals surface area contributed by atoms with Gasteiger partial charge in [-0.3, -0.25) is 0 Å². The fourth-order valence-electron chi connectivity index (χ4n) is 1.29. The third-order valence-electron chi connectivity index (χ3n) is 2.14. The molecule has 0 aliphatic carbocycles. The summed E-state index contributed by atoms with van der Waals surface area (Å²) in [4.78, 5) is 8.45. The van der Waals surface area contributed by atoms with E-state index < -0.39 is 0 Å². The summed E-state index contributed by atoms with van der Waals surface area (Å²) in [6.07, 6.45) is 1.65. The molecule has 6 heteroatoms. The van der Waals surface area contributed by atoms with Crippen LogP contribution in [0.1, 0.15) is 26.6 Å². The van der Waals surface area contributed by atoms with Gasteiger partial charge < -0.3 is 10.3 Å². The zero-order valence-electron chi connectivity index (χ0n) is 10.7. The van der Waals surface area contributed by atoms with Crippen molar-refractivity contribution < 1.29 is 4.52 Å². The third kappa shape index (κ3) is 3.22. The summed E-state index contributed by atoms with van der Waals surface area (Å²) >= 11 is 1.76. The Hall–Kier alpha value is -1.56. The van der Waals surface area contributed by atoms with Gasteiger partial charge in [-0.1, -0.05) is 25.9 Å². The molecule has 0 bridgehead atoms. The zero-order chi connectivity index (χ0) is 13.2. The fourth-order valence-corrected chi connectivity index (χ4v) is 1.97. The molecule has 2 aromatic heterocycles. The third-order valence-corrected chi connectivity index (χ3v) is 3.41. The number of hydrogen-bond donors (Lipinski definition) is 1. The Labute approximate surface area is 110 Å². The maximum Gasteiger partial charge on any atom is 0.278 e. The summed E-state index contributed by atoms with van der Waals surface area (Å²) in [7, 11) is 0. The lowest BCUT2D eigenvalue weighted by Gasteiger charge is -2.15. The molecule has 0 fully saturated rings. The molecular formula is C12H16N4OS. The maximum atomic E-state index is 5.81. The summed E-state index contributed by atoms with van der Waals surface area (Å²) in [6, 6.07) is 3.53. The van der Waals surface area contributed by atoms with Gasteiger partial charge in [0, 0.05) is 10.9 Å². The van der Waals surface area contributed by atoms with E-state index in [-0.39, 0.29) is 4.75 Å². The van der Waals surface area contributed by atoms with Crippen LogP contribution in [0.5, 0.6) is 0 Å². The SMILES string of the molecule is CC(C)(C)SCc1noc(-c2ncccc2N)n1. The number of nitrogen functional groups attached to an aromatic ring is 1. The van der Waals surface area contributed by atoms with Gasteiger partial charge in [0.25, 0.3) is 5.89 Å². The Bertz CT molecular complexity index is 533. The van der Waals surface area contributed by atoms with Crippen molar-refractivity contribution in [2.24, 2.45) is 0 Å². The number of nitrogens with two attached hydrogens (primary N) is 1. The zero-order valence-corrected chi connectivity index (χ0v) is 11.5. The average Bonchev–Trinajstić information content (AvgIpc) is 2.75. The minimum Gasteiger partial charge on any atom is -0.397 e. The van der Waals surface area contributed by atoms with Crippen LogP contribution in [-0.2, 0) is 5.75 Å². The highest BCUT2D eigenvalue weighted by molar-refractivity contribution is 7.99. The van der Waals surface area contributed by atoms with Crippen LogP contribution in [0.2, 0.25) is 0 Å². The van der Waals surface area contributed by atoms with Gasteiger partial charge in [0.1, 0.15) is 0 Å². The standard InChI is InChI=1S/C12H16N4OS/c1-12(2,3)18-7-9-15-11(17-16-9)10-8(13)5-4-6-14-10/h4-6H,7,13H2,1-3H3. The normalized spacial score (nSPS) is 11.7. The second-order valence-corrected chi connectivity index (χ2v) is 6.66. The lowest BCUT2D eigenvalue weighted by Crippen LogP contribution is -2.07. The van der Waals surface area contributed by atoms with Crippen molar-refractivity contribution in [3.63, 3.8) is 0 Å². The summed E-state index contributed by atoms with van der Waals surface area (Å²) < 4.78 is 5.35. The Kier molecular flexibility index (Phi) is 3.56. The molecule has 0 aromatic carbocycles. The molecule has 0 aliphatic heterocycles. The number of pyridine rings is 1. The van der Waals surface area contributed by atoms with Crippen molar-refractivity contribution in [2.45, 2.75) is 31.3 Å². The van der Waals surface area contributed by atoms with E-state index in [0.717, 1.165) is 0 Å². The molecule has 0 spiro atoms. The summed E-state index contributed by atoms with van der Waals surface area (Å²) in [6.45, 7) is 6.44. The number of thioether (sulfide) groups is 1. The lowest BCUT2D eigenvalue weighted by molar-refractivity contribution is 0.424. The first-order valence-corrected chi connectivity index (χ1v) is 6.62. The molecule has 18 heavy (non-hydrogen) atoms. The molecule has 2 heterocycles. The van der Waals surface area contributed by atoms with Crippen LogP contribution in [0, 0.1) is 0 Å². The number of rotatable bonds is 3. The summed E-state index contributed by atoms with van der Waals surface area (Å²) in [5.74, 6) is 1.74. The van der Waals surface area contributed by atoms with Gasteiger partial charge in [-0.15, -0.1) is 11.8 Å². The highest BCUT2D eigenvalue weighted by Gasteiger charge is 2.16. The van der Waals surface area contributed by atoms with Gasteiger partial charge >= 0.3 is 0 Å². The molecule has 2 N–H and O–H groups in total. The second-order valence-electron chi connectivity index (χ2n) is 4.86. The van der Waals surface area contributed by atoms with Crippen molar-refractivity contribution in [3.05, 3.63) is 24.2 Å². The molecule has 2 rings (SSSR count). The van der Waals surface area contributed by atoms with Crippen LogP contribution in [0.15, 0.2) is 22.9 Å². The first-order chi connectivity index (χ1) is 8.46. The molecule has 0 radical (unpaired) electrons. The Morgan fingerprint density at radius 1 is 1.39 bits per heavy atom. The molecule has 0 atom stereocenters. The van der Waals surface area contributed by atoms with E-state index >= 15 is 0 Å². The highest BCUT2D eigenvalue weighted by atomic mass is 32.2. The first-order valence-electron chi connectivity index (χ1n) is 5.63. The van der Waals surface area contributed by atoms with Crippen molar-refractivity contribution >= 4 is 17.4 Å². The molecule has 0 saturated heterocycles. The predicted octanol–water partition coefficient (Wildman–Crippen LogP) is 2.75. The molecule has 0 aliphatic rings. The van der Waals surface area contributed by atoms with E-state index in [2.05, 4.69) is 35.9 Å². The minimum atomic E-state index is 0.171. The monoisotopic (exact) mass is 264 g/mol. The first kappa shape index (κ1) is 12.9. The van der Waals surface area contributed by atoms with Crippen LogP contribution >= 0.6 is 11.8 Å². The summed E-state index contributed by atoms with van der Waals surface area (Å²) in [5.41, 5.74) is 6.89. The van der Waals surface area contributed by atoms with E-state index in [1.54, 1.807) is 30.1 Å². The van der Waals surface area contributed by atoms with E-state index in [9.17, 15) is 0 Å². The van der Waals surface area contributed by atoms with Gasteiger partial charge in [0.15, 0.2) is 11.5 Å². The van der Waals surface area contributed by atoms with E-state index in [1.807, 2.05) is 0 Å². The molecule has 0 unspecified atom stereocenters. The van der Waals surface area contributed by atoms with Crippen LogP contribution in [0.25, 0.3) is 11.6 Å². The van der Waals surface area contributed by atoms with E-state index in [1.165, 1.54) is 0 Å². The molecule has 2 aromatic rings. The molecule has 96 valence electrons. The number of anilines is 1. The quantitative estimate of drug-likeness (QED) is 0.918. The number of hydrogen-bond acceptors (Lipinski definition) is 6. The van der Waals surface area contributed by atoms with Crippen LogP contribution in [0.4, 0.5) is 5.69 Å². The highest BCUT2D eigenvalue weighted by Crippen LogP contribution is 2.27. The van der Waals surface area contributed by atoms with Crippen molar-refractivity contribution in [3.8, 4) is 11.6 Å². The Morgan fingerprint density at radius 3 is 2.83 bits per heavy atom. The topological polar surface area (TPSA) is 77.8 Å². The largest absolute Gasteiger partial charge is 0.397 e. The second kappa shape index (κ2) is 4.97. The van der Waals surface area contributed by atoms with Crippen LogP contribution in [0.3, 0.4) is 0 Å². The Balaban J connectivity index is 2.14. The van der Waals surface area contributed by atoms with Gasteiger partial charge in [-0.2, -0.15) is 4.98 Å². The average molecular weight is 264 g/mol. The van der Waals surface area contributed by atoms with Crippen molar-refractivity contribution in [2.75, 3.05) is 5.73 Å². The van der Waals surface area contributed by atoms with Gasteiger partial charge in [0.05, 0.1) is 11.4 Å². The van der Waals surface area contributed by atoms with Gasteiger partial charge in [-0.05, 0) is 12.1 Å². The maximum absolute atomic E-state index is 5.81. The van der Waals surface area contributed by atoms with Crippen molar-refractivity contribution in [1.82, 2.24) is 15.1 Å². The smallest absolute Gasteiger partial charge is 0.278 e. The number of aromatic nitrogens is 3. The van der Waals surface area contributed by atoms with Gasteiger partial charge in [-0.25, -0.2) is 4.98 Å². The van der Waals surface area contributed by atoms with Crippen LogP contribution < -0.4 is 5.73 Å². The van der Waals surface area contributed by atoms with E-state index in [4.69, 9.17) is 10.3 Å². The Morgan fingerprint density at radius 2 is 2.17 bits per heavy atom. The molecule has 0 saturated carbocycles. The van der Waals surface area contributed by atoms with E-state index in [0.29, 0.717) is 28.8 Å². The van der Waals surface area contributed by atoms with Gasteiger partial charge in [0.2, 0.25) is 0 Å². The van der Waals surface area contributed by atoms with Crippen LogP contribution in [-0.4, -0.2) is 19.9 Å². The molecule has 0 amide bonds. The van der Waals surface area contributed by atoms with Crippen molar-refractivity contribution in [1.29, 1.82) is 0 Å². The predicted molar refractivity (Wildman–Crippen MR) is 73.0 cm³/mol.